The Morgan fingerprint density at radius 1 is 0.717 bits per heavy atom. The number of hydrogen-bond donors (Lipinski definition) is 9. The van der Waals surface area contributed by atoms with Crippen LogP contribution in [0.1, 0.15) is 114 Å². The van der Waals surface area contributed by atoms with Crippen molar-refractivity contribution in [2.24, 2.45) is 32.8 Å². The summed E-state index contributed by atoms with van der Waals surface area (Å²) in [7, 11) is 0. The van der Waals surface area contributed by atoms with Crippen molar-refractivity contribution in [3.63, 3.8) is 0 Å². The van der Waals surface area contributed by atoms with Gasteiger partial charge in [-0.15, -0.1) is 0 Å². The highest BCUT2D eigenvalue weighted by Gasteiger charge is 2.38. The van der Waals surface area contributed by atoms with Gasteiger partial charge in [0, 0.05) is 37.0 Å². The molecule has 0 fully saturated rings. The number of aliphatic hydroxyl groups is 4. The van der Waals surface area contributed by atoms with Crippen LogP contribution in [0.3, 0.4) is 0 Å². The number of nitrogens with one attached hydrogen (secondary N) is 3. The lowest BCUT2D eigenvalue weighted by atomic mass is 9.73. The van der Waals surface area contributed by atoms with Gasteiger partial charge >= 0.3 is 0 Å². The molecule has 0 saturated heterocycles. The Morgan fingerprint density at radius 2 is 1.22 bits per heavy atom. The lowest BCUT2D eigenvalue weighted by molar-refractivity contribution is -0.156. The molecule has 0 spiro atoms. The van der Waals surface area contributed by atoms with E-state index < -0.39 is 41.8 Å². The Morgan fingerprint density at radius 3 is 1.70 bits per heavy atom. The van der Waals surface area contributed by atoms with E-state index in [1.54, 1.807) is 20.8 Å². The van der Waals surface area contributed by atoms with Gasteiger partial charge in [0.15, 0.2) is 12.2 Å². The van der Waals surface area contributed by atoms with Crippen LogP contribution < -0.4 is 27.4 Å². The first-order chi connectivity index (χ1) is 21.0. The number of amides is 2. The highest BCUT2D eigenvalue weighted by atomic mass is 16.4. The highest BCUT2D eigenvalue weighted by Crippen LogP contribution is 2.34. The van der Waals surface area contributed by atoms with Gasteiger partial charge in [-0.2, -0.15) is 0 Å². The zero-order valence-corrected chi connectivity index (χ0v) is 30.2. The number of amidine groups is 2. The first kappa shape index (κ1) is 43.7. The van der Waals surface area contributed by atoms with E-state index in [1.165, 1.54) is 0 Å². The first-order valence-electron chi connectivity index (χ1n) is 16.7. The van der Waals surface area contributed by atoms with Gasteiger partial charge in [-0.3, -0.25) is 19.6 Å². The summed E-state index contributed by atoms with van der Waals surface area (Å²) in [6.07, 6.45) is -2.58. The van der Waals surface area contributed by atoms with E-state index in [-0.39, 0.29) is 29.5 Å². The molecule has 0 saturated carbocycles. The van der Waals surface area contributed by atoms with Crippen LogP contribution in [-0.4, -0.2) is 105 Å². The average Bonchev–Trinajstić information content (AvgIpc) is 2.93. The summed E-state index contributed by atoms with van der Waals surface area (Å²) in [5, 5.41) is 49.3. The van der Waals surface area contributed by atoms with Gasteiger partial charge < -0.3 is 47.8 Å². The molecule has 0 rings (SSSR count). The van der Waals surface area contributed by atoms with Crippen LogP contribution in [0.25, 0.3) is 0 Å². The van der Waals surface area contributed by atoms with E-state index in [2.05, 4.69) is 69.4 Å². The van der Waals surface area contributed by atoms with E-state index >= 15 is 0 Å². The smallest absolute Gasteiger partial charge is 0.252 e. The minimum absolute atomic E-state index is 0.0648. The van der Waals surface area contributed by atoms with Gasteiger partial charge in [-0.1, -0.05) is 40.5 Å². The fourth-order valence-corrected chi connectivity index (χ4v) is 4.49. The van der Waals surface area contributed by atoms with Crippen molar-refractivity contribution < 1.29 is 30.0 Å². The Hall–Kier alpha value is -2.32. The van der Waals surface area contributed by atoms with Crippen molar-refractivity contribution in [3.8, 4) is 0 Å². The number of carbonyl (C=O) groups is 2. The molecule has 0 aliphatic heterocycles. The molecule has 11 N–H and O–H groups in total. The van der Waals surface area contributed by atoms with Gasteiger partial charge in [-0.05, 0) is 72.1 Å². The molecule has 2 amide bonds. The molecule has 0 aliphatic carbocycles. The van der Waals surface area contributed by atoms with Crippen LogP contribution >= 0.6 is 0 Å². The fourth-order valence-electron chi connectivity index (χ4n) is 4.49. The third-order valence-corrected chi connectivity index (χ3v) is 8.12. The molecular formula is C33H67N7O6. The Labute approximate surface area is 277 Å². The summed E-state index contributed by atoms with van der Waals surface area (Å²) < 4.78 is 0. The number of rotatable bonds is 21. The predicted octanol–water partition coefficient (Wildman–Crippen LogP) is 1.34. The number of unbranched alkanes of at least 4 members (excludes halogenated alkanes) is 3. The number of aliphatic hydroxyl groups excluding tert-OH is 4. The van der Waals surface area contributed by atoms with Crippen molar-refractivity contribution in [2.45, 2.75) is 156 Å². The summed E-state index contributed by atoms with van der Waals surface area (Å²) in [5.41, 5.74) is 11.5. The van der Waals surface area contributed by atoms with Crippen LogP contribution in [0.4, 0.5) is 0 Å². The maximum absolute atomic E-state index is 12.6. The molecule has 0 radical (unpaired) electrons. The molecule has 5 unspecified atom stereocenters. The third-order valence-electron chi connectivity index (χ3n) is 8.12. The molecule has 0 aliphatic rings. The lowest BCUT2D eigenvalue weighted by Crippen LogP contribution is -2.56. The van der Waals surface area contributed by atoms with E-state index in [9.17, 15) is 30.0 Å². The molecule has 0 bridgehead atoms. The Balaban J connectivity index is 4.91. The highest BCUT2D eigenvalue weighted by molar-refractivity contribution is 5.83. The lowest BCUT2D eigenvalue weighted by Gasteiger charge is -2.36. The van der Waals surface area contributed by atoms with E-state index in [0.717, 1.165) is 38.6 Å². The van der Waals surface area contributed by atoms with E-state index in [0.29, 0.717) is 31.1 Å². The zero-order valence-electron chi connectivity index (χ0n) is 30.2. The van der Waals surface area contributed by atoms with Crippen molar-refractivity contribution in [2.75, 3.05) is 19.6 Å². The predicted molar refractivity (Wildman–Crippen MR) is 186 cm³/mol. The zero-order chi connectivity index (χ0) is 35.9. The fraction of sp³-hybridized carbons (Fsp3) is 0.879. The van der Waals surface area contributed by atoms with Gasteiger partial charge in [0.2, 0.25) is 0 Å². The van der Waals surface area contributed by atoms with Crippen molar-refractivity contribution in [1.82, 2.24) is 16.0 Å². The monoisotopic (exact) mass is 658 g/mol. The largest absolute Gasteiger partial charge is 0.387 e. The average molecular weight is 658 g/mol. The van der Waals surface area contributed by atoms with E-state index in [4.69, 9.17) is 16.5 Å². The molecule has 0 aromatic carbocycles. The summed E-state index contributed by atoms with van der Waals surface area (Å²) in [4.78, 5) is 34.0. The molecular weight excluding hydrogens is 590 g/mol. The second-order valence-electron chi connectivity index (χ2n) is 15.3. The van der Waals surface area contributed by atoms with Gasteiger partial charge in [0.25, 0.3) is 11.8 Å². The van der Waals surface area contributed by atoms with Crippen LogP contribution in [0.15, 0.2) is 9.98 Å². The number of carbonyl (C=O) groups excluding carboxylic acids is 2. The molecule has 0 aromatic rings. The summed E-state index contributed by atoms with van der Waals surface area (Å²) in [5.74, 6) is -0.402. The molecule has 46 heavy (non-hydrogen) atoms. The maximum Gasteiger partial charge on any atom is 0.252 e. The summed E-state index contributed by atoms with van der Waals surface area (Å²) in [6, 6.07) is -0.229. The van der Waals surface area contributed by atoms with Crippen molar-refractivity contribution in [1.29, 1.82) is 0 Å². The van der Waals surface area contributed by atoms with Gasteiger partial charge in [-0.25, -0.2) is 0 Å². The molecule has 5 atom stereocenters. The SMILES string of the molecule is CC(C)C(C)(C)C(CCNC(=O)C(O)C(O)C(O)C(O)C(=O)NC(C)(C)C)N=C(N)CCCCCCC(N)=NCCNC(C)(C)C. The van der Waals surface area contributed by atoms with Crippen LogP contribution in [0.5, 0.6) is 0 Å². The maximum atomic E-state index is 12.6. The number of nitrogens with zero attached hydrogens (tertiary/aromatic N) is 2. The minimum atomic E-state index is -2.09. The summed E-state index contributed by atoms with van der Waals surface area (Å²) in [6.45, 7) is 21.3. The van der Waals surface area contributed by atoms with Crippen molar-refractivity contribution in [3.05, 3.63) is 0 Å². The molecule has 13 heteroatoms. The normalized spacial score (nSPS) is 16.9. The number of hydrogen-bond acceptors (Lipinski definition) is 9. The van der Waals surface area contributed by atoms with Gasteiger partial charge in [0.1, 0.15) is 12.2 Å². The Bertz CT molecular complexity index is 973. The van der Waals surface area contributed by atoms with Gasteiger partial charge in [0.05, 0.1) is 24.3 Å². The van der Waals surface area contributed by atoms with Crippen molar-refractivity contribution >= 4 is 23.5 Å². The quantitative estimate of drug-likeness (QED) is 0.0492. The summed E-state index contributed by atoms with van der Waals surface area (Å²) >= 11 is 0. The third kappa shape index (κ3) is 18.1. The number of aliphatic imine (C=N–C) groups is 2. The first-order valence-corrected chi connectivity index (χ1v) is 16.7. The Kier molecular flexibility index (Phi) is 19.1. The number of nitrogens with two attached hydrogens (primary N) is 2. The minimum Gasteiger partial charge on any atom is -0.387 e. The molecule has 0 heterocycles. The molecule has 0 aromatic heterocycles. The molecule has 13 nitrogen and oxygen atoms in total. The second-order valence-corrected chi connectivity index (χ2v) is 15.3. The van der Waals surface area contributed by atoms with E-state index in [1.807, 2.05) is 0 Å². The second kappa shape index (κ2) is 20.1. The molecule has 270 valence electrons. The van der Waals surface area contributed by atoms with Crippen LogP contribution in [0.2, 0.25) is 0 Å². The van der Waals surface area contributed by atoms with Crippen LogP contribution in [-0.2, 0) is 9.59 Å². The standard InChI is InChI=1S/C33H67N7O6/c1-21(2)33(9,10)22(39-24(35)16-14-12-11-13-15-23(34)36-19-20-38-31(3,4)5)17-18-37-29(45)27(43)25(41)26(42)28(44)30(46)40-32(6,7)8/h21-22,25-28,38,41-44H,11-20H2,1-10H3,(H2,34,36)(H2,35,39)(H,37,45)(H,40,46). The van der Waals surface area contributed by atoms with Crippen LogP contribution in [0, 0.1) is 11.3 Å². The topological polar surface area (TPSA) is 228 Å².